The van der Waals surface area contributed by atoms with E-state index in [0.29, 0.717) is 34.4 Å². The number of aryl methyl sites for hydroxylation is 1. The second kappa shape index (κ2) is 10.8. The average molecular weight is 550 g/mol. The first-order chi connectivity index (χ1) is 18.6. The quantitative estimate of drug-likeness (QED) is 0.274. The van der Waals surface area contributed by atoms with Crippen molar-refractivity contribution in [1.82, 2.24) is 25.1 Å². The Bertz CT molecular complexity index is 1590. The van der Waals surface area contributed by atoms with Gasteiger partial charge in [-0.3, -0.25) is 5.10 Å². The van der Waals surface area contributed by atoms with Crippen molar-refractivity contribution in [2.24, 2.45) is 0 Å². The number of nitrogens with one attached hydrogen (secondary N) is 3. The summed E-state index contributed by atoms with van der Waals surface area (Å²) in [6, 6.07) is 11.0. The average Bonchev–Trinajstić information content (AvgIpc) is 3.35. The van der Waals surface area contributed by atoms with Crippen molar-refractivity contribution < 1.29 is 13.2 Å². The number of aromatic amines is 1. The van der Waals surface area contributed by atoms with Crippen LogP contribution in [0.4, 0.5) is 23.1 Å². The van der Waals surface area contributed by atoms with Crippen LogP contribution in [-0.2, 0) is 9.84 Å². The number of nitrogens with zero attached hydrogens (tertiary/aromatic N) is 4. The van der Waals surface area contributed by atoms with Gasteiger partial charge < -0.3 is 20.3 Å². The lowest BCUT2D eigenvalue weighted by atomic mass is 9.86. The zero-order valence-electron chi connectivity index (χ0n) is 22.9. The number of para-hydroxylation sites is 1. The minimum absolute atomic E-state index is 0.0145. The van der Waals surface area contributed by atoms with Crippen LogP contribution in [0.25, 0.3) is 11.0 Å². The van der Waals surface area contributed by atoms with E-state index in [0.717, 1.165) is 37.4 Å². The van der Waals surface area contributed by atoms with Gasteiger partial charge in [0.15, 0.2) is 15.5 Å². The molecule has 0 unspecified atom stereocenters. The number of anilines is 4. The fourth-order valence-corrected chi connectivity index (χ4v) is 5.88. The van der Waals surface area contributed by atoms with Crippen molar-refractivity contribution >= 4 is 44.0 Å². The van der Waals surface area contributed by atoms with Crippen LogP contribution in [0.3, 0.4) is 0 Å². The number of hydrogen-bond donors (Lipinski definition) is 3. The summed E-state index contributed by atoms with van der Waals surface area (Å²) in [5, 5.41) is 14.2. The van der Waals surface area contributed by atoms with Crippen LogP contribution in [0.5, 0.6) is 5.75 Å². The first kappa shape index (κ1) is 26.9. The summed E-state index contributed by atoms with van der Waals surface area (Å²) in [6.45, 7) is 8.31. The van der Waals surface area contributed by atoms with Gasteiger partial charge >= 0.3 is 0 Å². The highest BCUT2D eigenvalue weighted by atomic mass is 32.2. The number of hydrogen-bond acceptors (Lipinski definition) is 9. The zero-order valence-corrected chi connectivity index (χ0v) is 23.8. The molecule has 0 atom stereocenters. The van der Waals surface area contributed by atoms with Crippen molar-refractivity contribution in [3.63, 3.8) is 0 Å². The number of piperidine rings is 1. The third-order valence-electron chi connectivity index (χ3n) is 6.99. The first-order valence-corrected chi connectivity index (χ1v) is 15.0. The fraction of sp³-hybridized carbons (Fsp3) is 0.393. The third-order valence-corrected chi connectivity index (χ3v) is 8.14. The monoisotopic (exact) mass is 549 g/mol. The molecule has 2 aromatic heterocycles. The van der Waals surface area contributed by atoms with Gasteiger partial charge in [-0.2, -0.15) is 15.1 Å². The Morgan fingerprint density at radius 3 is 2.54 bits per heavy atom. The topological polar surface area (TPSA) is 125 Å². The minimum Gasteiger partial charge on any atom is -0.489 e. The highest BCUT2D eigenvalue weighted by Gasteiger charge is 2.23. The van der Waals surface area contributed by atoms with E-state index in [1.54, 1.807) is 30.5 Å². The normalized spacial score (nSPS) is 15.1. The summed E-state index contributed by atoms with van der Waals surface area (Å²) in [7, 11) is -1.29. The molecule has 1 fully saturated rings. The van der Waals surface area contributed by atoms with Gasteiger partial charge in [-0.15, -0.1) is 0 Å². The molecule has 1 aliphatic rings. The summed E-state index contributed by atoms with van der Waals surface area (Å²) in [5.74, 6) is 1.99. The summed E-state index contributed by atoms with van der Waals surface area (Å²) in [4.78, 5) is 11.9. The molecule has 0 saturated carbocycles. The second-order valence-corrected chi connectivity index (χ2v) is 12.5. The molecule has 3 heterocycles. The Morgan fingerprint density at radius 2 is 1.82 bits per heavy atom. The number of aromatic nitrogens is 4. The number of ether oxygens (including phenoxy) is 1. The van der Waals surface area contributed by atoms with Gasteiger partial charge in [-0.1, -0.05) is 12.1 Å². The van der Waals surface area contributed by atoms with Gasteiger partial charge in [0, 0.05) is 6.26 Å². The summed E-state index contributed by atoms with van der Waals surface area (Å²) < 4.78 is 31.0. The smallest absolute Gasteiger partial charge is 0.231 e. The Balaban J connectivity index is 1.52. The maximum Gasteiger partial charge on any atom is 0.231 e. The molecule has 0 aliphatic carbocycles. The summed E-state index contributed by atoms with van der Waals surface area (Å²) >= 11 is 0. The maximum absolute atomic E-state index is 12.4. The number of likely N-dealkylation sites (tertiary alicyclic amines) is 1. The van der Waals surface area contributed by atoms with Crippen LogP contribution in [-0.4, -0.2) is 66.0 Å². The number of fused-ring (bicyclic) bond motifs is 1. The number of sulfone groups is 1. The molecule has 0 amide bonds. The maximum atomic E-state index is 12.4. The molecule has 0 bridgehead atoms. The Kier molecular flexibility index (Phi) is 7.46. The summed E-state index contributed by atoms with van der Waals surface area (Å²) in [5.41, 5.74) is 4.20. The molecule has 11 heteroatoms. The molecule has 1 aliphatic heterocycles. The number of H-pyrrole nitrogens is 1. The van der Waals surface area contributed by atoms with Crippen molar-refractivity contribution in [2.45, 2.75) is 50.5 Å². The van der Waals surface area contributed by atoms with E-state index in [-0.39, 0.29) is 11.0 Å². The van der Waals surface area contributed by atoms with Crippen molar-refractivity contribution in [1.29, 1.82) is 0 Å². The fourth-order valence-electron chi connectivity index (χ4n) is 5.04. The molecule has 3 N–H and O–H groups in total. The van der Waals surface area contributed by atoms with Crippen LogP contribution < -0.4 is 15.4 Å². The zero-order chi connectivity index (χ0) is 27.7. The highest BCUT2D eigenvalue weighted by molar-refractivity contribution is 7.90. The lowest BCUT2D eigenvalue weighted by molar-refractivity contribution is 0.241. The lowest BCUT2D eigenvalue weighted by Crippen LogP contribution is -2.29. The first-order valence-electron chi connectivity index (χ1n) is 13.1. The van der Waals surface area contributed by atoms with Gasteiger partial charge in [0.05, 0.1) is 34.0 Å². The van der Waals surface area contributed by atoms with Gasteiger partial charge in [0.1, 0.15) is 11.6 Å². The van der Waals surface area contributed by atoms with Crippen LogP contribution in [0.1, 0.15) is 43.7 Å². The van der Waals surface area contributed by atoms with Crippen molar-refractivity contribution in [2.75, 3.05) is 37.0 Å². The molecule has 1 saturated heterocycles. The van der Waals surface area contributed by atoms with E-state index in [1.807, 2.05) is 13.8 Å². The van der Waals surface area contributed by atoms with Gasteiger partial charge in [0.25, 0.3) is 0 Å². The van der Waals surface area contributed by atoms with Crippen LogP contribution >= 0.6 is 0 Å². The highest BCUT2D eigenvalue weighted by Crippen LogP contribution is 2.38. The van der Waals surface area contributed by atoms with Crippen molar-refractivity contribution in [3.8, 4) is 5.75 Å². The lowest BCUT2D eigenvalue weighted by Gasteiger charge is -2.30. The third kappa shape index (κ3) is 5.99. The Morgan fingerprint density at radius 1 is 1.08 bits per heavy atom. The van der Waals surface area contributed by atoms with E-state index in [2.05, 4.69) is 56.8 Å². The minimum atomic E-state index is -3.45. The molecule has 2 aromatic carbocycles. The molecule has 39 heavy (non-hydrogen) atoms. The molecular formula is C28H35N7O3S. The van der Waals surface area contributed by atoms with Gasteiger partial charge in [0.2, 0.25) is 5.95 Å². The van der Waals surface area contributed by atoms with Crippen LogP contribution in [0.2, 0.25) is 0 Å². The van der Waals surface area contributed by atoms with E-state index in [9.17, 15) is 8.42 Å². The largest absolute Gasteiger partial charge is 0.489 e. The Hall–Kier alpha value is -3.70. The molecule has 4 aromatic rings. The number of benzene rings is 2. The molecule has 0 radical (unpaired) electrons. The van der Waals surface area contributed by atoms with Crippen molar-refractivity contribution in [3.05, 3.63) is 53.7 Å². The van der Waals surface area contributed by atoms with Gasteiger partial charge in [-0.25, -0.2) is 8.42 Å². The predicted octanol–water partition coefficient (Wildman–Crippen LogP) is 5.15. The standard InChI is InChI=1S/C28H35N7O3S/c1-17(2)38-24-15-20(19-10-12-35(4)13-11-19)18(3)14-23(24)31-28-32-26(21-16-29-34-27(21)33-28)30-22-8-6-7-9-25(22)39(5,36)37/h6-9,14-17,19H,10-13H2,1-5H3,(H3,29,30,31,32,33,34). The Labute approximate surface area is 229 Å². The van der Waals surface area contributed by atoms with E-state index in [1.165, 1.54) is 17.4 Å². The number of rotatable bonds is 8. The van der Waals surface area contributed by atoms with Crippen LogP contribution in [0.15, 0.2) is 47.5 Å². The second-order valence-electron chi connectivity index (χ2n) is 10.5. The van der Waals surface area contributed by atoms with E-state index in [4.69, 9.17) is 9.72 Å². The predicted molar refractivity (Wildman–Crippen MR) is 154 cm³/mol. The van der Waals surface area contributed by atoms with E-state index >= 15 is 0 Å². The summed E-state index contributed by atoms with van der Waals surface area (Å²) in [6.07, 6.45) is 5.02. The molecular weight excluding hydrogens is 514 g/mol. The van der Waals surface area contributed by atoms with Crippen LogP contribution in [0, 0.1) is 6.92 Å². The van der Waals surface area contributed by atoms with Gasteiger partial charge in [-0.05, 0) is 95.1 Å². The SMILES string of the molecule is Cc1cc(Nc2nc(Nc3ccccc3S(C)(=O)=O)c3cn[nH]c3n2)c(OC(C)C)cc1C1CCN(C)CC1. The molecule has 206 valence electrons. The van der Waals surface area contributed by atoms with E-state index < -0.39 is 9.84 Å². The molecule has 5 rings (SSSR count). The molecule has 10 nitrogen and oxygen atoms in total. The molecule has 0 spiro atoms.